The number of nitriles is 1. The summed E-state index contributed by atoms with van der Waals surface area (Å²) >= 11 is 0. The zero-order valence-electron chi connectivity index (χ0n) is 8.54. The van der Waals surface area contributed by atoms with Crippen LogP contribution in [0.4, 0.5) is 8.78 Å². The highest BCUT2D eigenvalue weighted by molar-refractivity contribution is 5.31. The summed E-state index contributed by atoms with van der Waals surface area (Å²) in [5, 5.41) is 17.0. The number of unbranched alkanes of at least 4 members (excludes halogenated alkanes) is 1. The van der Waals surface area contributed by atoms with Gasteiger partial charge in [0.15, 0.2) is 17.4 Å². The maximum absolute atomic E-state index is 13.3. The van der Waals surface area contributed by atoms with Gasteiger partial charge in [-0.2, -0.15) is 5.26 Å². The molecule has 0 spiro atoms. The van der Waals surface area contributed by atoms with E-state index in [1.165, 1.54) is 0 Å². The molecule has 0 fully saturated rings. The first-order chi connectivity index (χ1) is 7.69. The molecule has 0 saturated carbocycles. The summed E-state index contributed by atoms with van der Waals surface area (Å²) in [6.45, 7) is -0.345. The van der Waals surface area contributed by atoms with Crippen molar-refractivity contribution in [3.63, 3.8) is 0 Å². The van der Waals surface area contributed by atoms with Crippen LogP contribution < -0.4 is 4.74 Å². The lowest BCUT2D eigenvalue weighted by Crippen LogP contribution is -2.02. The molecule has 86 valence electrons. The molecule has 0 unspecified atom stereocenters. The van der Waals surface area contributed by atoms with Crippen molar-refractivity contribution in [3.05, 3.63) is 29.3 Å². The van der Waals surface area contributed by atoms with Gasteiger partial charge in [0, 0.05) is 6.42 Å². The molecule has 5 heteroatoms. The monoisotopic (exact) mass is 227 g/mol. The van der Waals surface area contributed by atoms with Gasteiger partial charge in [0.25, 0.3) is 0 Å². The van der Waals surface area contributed by atoms with Gasteiger partial charge in [-0.05, 0) is 24.1 Å². The molecule has 0 aliphatic carbocycles. The molecule has 0 aliphatic rings. The SMILES string of the molecule is N#CCCCOc1c(F)cc(CO)cc1F. The Morgan fingerprint density at radius 1 is 1.31 bits per heavy atom. The smallest absolute Gasteiger partial charge is 0.190 e. The second-order valence-electron chi connectivity index (χ2n) is 3.16. The summed E-state index contributed by atoms with van der Waals surface area (Å²) in [7, 11) is 0. The summed E-state index contributed by atoms with van der Waals surface area (Å²) in [6.07, 6.45) is 0.690. The van der Waals surface area contributed by atoms with Crippen LogP contribution in [0.1, 0.15) is 18.4 Å². The normalized spacial score (nSPS) is 9.88. The van der Waals surface area contributed by atoms with Crippen LogP contribution in [-0.4, -0.2) is 11.7 Å². The average Bonchev–Trinajstić information content (AvgIpc) is 2.26. The Bertz CT molecular complexity index is 378. The van der Waals surface area contributed by atoms with Gasteiger partial charge in [-0.1, -0.05) is 0 Å². The molecule has 0 aromatic heterocycles. The van der Waals surface area contributed by atoms with Crippen LogP contribution in [0.5, 0.6) is 5.75 Å². The van der Waals surface area contributed by atoms with E-state index in [0.717, 1.165) is 12.1 Å². The van der Waals surface area contributed by atoms with Gasteiger partial charge in [-0.3, -0.25) is 0 Å². The van der Waals surface area contributed by atoms with Gasteiger partial charge < -0.3 is 9.84 Å². The number of rotatable bonds is 5. The number of halogens is 2. The highest BCUT2D eigenvalue weighted by Crippen LogP contribution is 2.23. The lowest BCUT2D eigenvalue weighted by Gasteiger charge is -2.08. The minimum Gasteiger partial charge on any atom is -0.488 e. The van der Waals surface area contributed by atoms with Crippen LogP contribution >= 0.6 is 0 Å². The number of hydrogen-bond acceptors (Lipinski definition) is 3. The molecule has 16 heavy (non-hydrogen) atoms. The van der Waals surface area contributed by atoms with Crippen LogP contribution in [0.2, 0.25) is 0 Å². The van der Waals surface area contributed by atoms with Crippen molar-refractivity contribution in [1.82, 2.24) is 0 Å². The molecule has 3 nitrogen and oxygen atoms in total. The van der Waals surface area contributed by atoms with Gasteiger partial charge in [-0.25, -0.2) is 8.78 Å². The first-order valence-electron chi connectivity index (χ1n) is 4.77. The maximum Gasteiger partial charge on any atom is 0.190 e. The fourth-order valence-electron chi connectivity index (χ4n) is 1.17. The van der Waals surface area contributed by atoms with E-state index in [9.17, 15) is 8.78 Å². The van der Waals surface area contributed by atoms with E-state index in [-0.39, 0.29) is 18.6 Å². The molecule has 0 heterocycles. The second kappa shape index (κ2) is 6.03. The van der Waals surface area contributed by atoms with Crippen LogP contribution in [0.25, 0.3) is 0 Å². The molecule has 1 rings (SSSR count). The fraction of sp³-hybridized carbons (Fsp3) is 0.364. The average molecular weight is 227 g/mol. The van der Waals surface area contributed by atoms with E-state index >= 15 is 0 Å². The highest BCUT2D eigenvalue weighted by Gasteiger charge is 2.12. The third-order valence-electron chi connectivity index (χ3n) is 1.92. The third kappa shape index (κ3) is 3.17. The molecule has 0 aliphatic heterocycles. The molecule has 1 N–H and O–H groups in total. The van der Waals surface area contributed by atoms with Crippen LogP contribution in [0, 0.1) is 23.0 Å². The molecule has 0 saturated heterocycles. The predicted molar refractivity (Wildman–Crippen MR) is 52.6 cm³/mol. The van der Waals surface area contributed by atoms with Crippen molar-refractivity contribution in [2.75, 3.05) is 6.61 Å². The van der Waals surface area contributed by atoms with Crippen LogP contribution in [-0.2, 0) is 6.61 Å². The first-order valence-corrected chi connectivity index (χ1v) is 4.77. The van der Waals surface area contributed by atoms with Crippen LogP contribution in [0.3, 0.4) is 0 Å². The minimum absolute atomic E-state index is 0.0832. The minimum atomic E-state index is -0.846. The largest absolute Gasteiger partial charge is 0.488 e. The number of aliphatic hydroxyl groups is 1. The van der Waals surface area contributed by atoms with Crippen molar-refractivity contribution < 1.29 is 18.6 Å². The van der Waals surface area contributed by atoms with E-state index in [2.05, 4.69) is 0 Å². The first kappa shape index (κ1) is 12.4. The molecule has 0 bridgehead atoms. The van der Waals surface area contributed by atoms with Gasteiger partial charge in [-0.15, -0.1) is 0 Å². The van der Waals surface area contributed by atoms with Crippen molar-refractivity contribution >= 4 is 0 Å². The Balaban J connectivity index is 2.69. The molecule has 1 aromatic carbocycles. The molecule has 0 radical (unpaired) electrons. The van der Waals surface area contributed by atoms with E-state index in [4.69, 9.17) is 15.1 Å². The van der Waals surface area contributed by atoms with E-state index in [0.29, 0.717) is 6.42 Å². The molecular weight excluding hydrogens is 216 g/mol. The lowest BCUT2D eigenvalue weighted by atomic mass is 10.2. The van der Waals surface area contributed by atoms with Gasteiger partial charge in [0.1, 0.15) is 0 Å². The molecular formula is C11H11F2NO2. The van der Waals surface area contributed by atoms with E-state index in [1.807, 2.05) is 6.07 Å². The number of nitrogens with zero attached hydrogens (tertiary/aromatic N) is 1. The lowest BCUT2D eigenvalue weighted by molar-refractivity contribution is 0.270. The molecule has 1 aromatic rings. The number of hydrogen-bond donors (Lipinski definition) is 1. The Labute approximate surface area is 91.9 Å². The number of ether oxygens (including phenoxy) is 1. The zero-order chi connectivity index (χ0) is 12.0. The summed E-state index contributed by atoms with van der Waals surface area (Å²) in [5.41, 5.74) is 0.152. The fourth-order valence-corrected chi connectivity index (χ4v) is 1.17. The highest BCUT2D eigenvalue weighted by atomic mass is 19.1. The summed E-state index contributed by atoms with van der Waals surface area (Å²) in [6, 6.07) is 3.93. The molecule has 0 atom stereocenters. The maximum atomic E-state index is 13.3. The quantitative estimate of drug-likeness (QED) is 0.784. The number of aliphatic hydroxyl groups excluding tert-OH is 1. The Morgan fingerprint density at radius 3 is 2.44 bits per heavy atom. The van der Waals surface area contributed by atoms with E-state index < -0.39 is 24.0 Å². The van der Waals surface area contributed by atoms with Gasteiger partial charge in [0.05, 0.1) is 19.3 Å². The topological polar surface area (TPSA) is 53.2 Å². The van der Waals surface area contributed by atoms with Crippen LogP contribution in [0.15, 0.2) is 12.1 Å². The van der Waals surface area contributed by atoms with Crippen molar-refractivity contribution in [1.29, 1.82) is 5.26 Å². The summed E-state index contributed by atoms with van der Waals surface area (Å²) in [4.78, 5) is 0. The van der Waals surface area contributed by atoms with Crippen molar-refractivity contribution in [2.45, 2.75) is 19.4 Å². The third-order valence-corrected chi connectivity index (χ3v) is 1.92. The van der Waals surface area contributed by atoms with Crippen molar-refractivity contribution in [2.24, 2.45) is 0 Å². The Hall–Kier alpha value is -1.67. The summed E-state index contributed by atoms with van der Waals surface area (Å²) in [5.74, 6) is -2.16. The van der Waals surface area contributed by atoms with Gasteiger partial charge >= 0.3 is 0 Å². The second-order valence-corrected chi connectivity index (χ2v) is 3.16. The standard InChI is InChI=1S/C11H11F2NO2/c12-9-5-8(7-15)6-10(13)11(9)16-4-2-1-3-14/h5-6,15H,1-2,4,7H2. The number of benzene rings is 1. The zero-order valence-corrected chi connectivity index (χ0v) is 8.54. The summed E-state index contributed by atoms with van der Waals surface area (Å²) < 4.78 is 31.4. The molecule has 0 amide bonds. The predicted octanol–water partition coefficient (Wildman–Crippen LogP) is 2.14. The Morgan fingerprint density at radius 2 is 1.94 bits per heavy atom. The van der Waals surface area contributed by atoms with Crippen molar-refractivity contribution in [3.8, 4) is 11.8 Å². The van der Waals surface area contributed by atoms with E-state index in [1.54, 1.807) is 0 Å². The Kier molecular flexibility index (Phi) is 4.67. The van der Waals surface area contributed by atoms with Gasteiger partial charge in [0.2, 0.25) is 0 Å².